The van der Waals surface area contributed by atoms with E-state index in [9.17, 15) is 0 Å². The predicted molar refractivity (Wildman–Crippen MR) is 56.2 cm³/mol. The third-order valence-electron chi connectivity index (χ3n) is 2.35. The highest BCUT2D eigenvalue weighted by molar-refractivity contribution is 4.92. The number of aliphatic hydroxyl groups is 1. The van der Waals surface area contributed by atoms with Crippen molar-refractivity contribution in [3.63, 3.8) is 0 Å². The second kappa shape index (κ2) is 4.72. The van der Waals surface area contributed by atoms with Crippen LogP contribution in [-0.4, -0.2) is 27.9 Å². The predicted octanol–water partition coefficient (Wildman–Crippen LogP) is 0.520. The first-order valence-electron chi connectivity index (χ1n) is 5.11. The maximum Gasteiger partial charge on any atom is 0.228 e. The van der Waals surface area contributed by atoms with E-state index < -0.39 is 0 Å². The maximum absolute atomic E-state index is 8.69. The Labute approximate surface area is 89.7 Å². The molecule has 3 N–H and O–H groups in total. The molecule has 1 aromatic rings. The van der Waals surface area contributed by atoms with Crippen LogP contribution < -0.4 is 5.73 Å². The first kappa shape index (κ1) is 12.1. The van der Waals surface area contributed by atoms with Gasteiger partial charge in [0.15, 0.2) is 5.82 Å². The van der Waals surface area contributed by atoms with Gasteiger partial charge in [-0.25, -0.2) is 0 Å². The van der Waals surface area contributed by atoms with Crippen LogP contribution in [0.4, 0.5) is 0 Å². The minimum Gasteiger partial charge on any atom is -0.396 e. The van der Waals surface area contributed by atoms with E-state index in [4.69, 9.17) is 15.4 Å². The number of hydrogen-bond donors (Lipinski definition) is 2. The molecule has 0 aliphatic carbocycles. The molecule has 0 aromatic carbocycles. The zero-order valence-corrected chi connectivity index (χ0v) is 9.53. The van der Waals surface area contributed by atoms with Gasteiger partial charge in [0, 0.05) is 18.9 Å². The highest BCUT2D eigenvalue weighted by atomic mass is 16.5. The summed E-state index contributed by atoms with van der Waals surface area (Å²) in [7, 11) is 0. The molecule has 1 heterocycles. The van der Waals surface area contributed by atoms with Gasteiger partial charge in [0.2, 0.25) is 5.89 Å². The van der Waals surface area contributed by atoms with Gasteiger partial charge in [0.05, 0.1) is 6.61 Å². The molecule has 1 atom stereocenters. The van der Waals surface area contributed by atoms with Crippen molar-refractivity contribution in [2.75, 3.05) is 6.61 Å². The Morgan fingerprint density at radius 2 is 2.13 bits per heavy atom. The normalized spacial score (nSPS) is 14.2. The summed E-state index contributed by atoms with van der Waals surface area (Å²) in [6.45, 7) is 6.25. The second-order valence-electron chi connectivity index (χ2n) is 4.75. The average Bonchev–Trinajstić information content (AvgIpc) is 2.51. The molecule has 86 valence electrons. The lowest BCUT2D eigenvalue weighted by Gasteiger charge is -2.25. The fourth-order valence-electron chi connectivity index (χ4n) is 1.07. The van der Waals surface area contributed by atoms with Crippen LogP contribution in [-0.2, 0) is 12.8 Å². The number of hydrogen-bond acceptors (Lipinski definition) is 5. The fraction of sp³-hybridized carbons (Fsp3) is 0.800. The summed E-state index contributed by atoms with van der Waals surface area (Å²) in [4.78, 5) is 4.14. The molecule has 0 spiro atoms. The Hall–Kier alpha value is -0.940. The zero-order valence-electron chi connectivity index (χ0n) is 9.53. The van der Waals surface area contributed by atoms with Crippen molar-refractivity contribution in [1.82, 2.24) is 10.1 Å². The highest BCUT2D eigenvalue weighted by Crippen LogP contribution is 2.20. The summed E-state index contributed by atoms with van der Waals surface area (Å²) >= 11 is 0. The third kappa shape index (κ3) is 3.60. The van der Waals surface area contributed by atoms with Gasteiger partial charge < -0.3 is 15.4 Å². The number of nitrogens with zero attached hydrogens (tertiary/aromatic N) is 2. The molecule has 0 bridgehead atoms. The summed E-state index contributed by atoms with van der Waals surface area (Å²) in [5.41, 5.74) is 6.01. The van der Waals surface area contributed by atoms with Crippen molar-refractivity contribution in [3.05, 3.63) is 11.7 Å². The number of aromatic nitrogens is 2. The molecular weight excluding hydrogens is 194 g/mol. The van der Waals surface area contributed by atoms with E-state index in [2.05, 4.69) is 30.9 Å². The van der Waals surface area contributed by atoms with Gasteiger partial charge in [-0.1, -0.05) is 25.9 Å². The van der Waals surface area contributed by atoms with Gasteiger partial charge in [-0.15, -0.1) is 0 Å². The van der Waals surface area contributed by atoms with Gasteiger partial charge >= 0.3 is 0 Å². The lowest BCUT2D eigenvalue weighted by atomic mass is 9.85. The average molecular weight is 213 g/mol. The molecule has 0 amide bonds. The van der Waals surface area contributed by atoms with E-state index >= 15 is 0 Å². The maximum atomic E-state index is 8.69. The van der Waals surface area contributed by atoms with Crippen molar-refractivity contribution < 1.29 is 9.63 Å². The molecule has 0 fully saturated rings. The van der Waals surface area contributed by atoms with Crippen LogP contribution in [0.15, 0.2) is 4.52 Å². The quantitative estimate of drug-likeness (QED) is 0.761. The molecule has 0 aliphatic heterocycles. The standard InChI is InChI=1S/C10H19N3O2/c1-10(2,3)7(11)6-9-12-8(4-5-14)13-15-9/h7,14H,4-6,11H2,1-3H3. The number of rotatable bonds is 4. The number of aliphatic hydroxyl groups excluding tert-OH is 1. The Morgan fingerprint density at radius 3 is 2.67 bits per heavy atom. The molecule has 1 rings (SSSR count). The molecular formula is C10H19N3O2. The molecule has 0 saturated carbocycles. The van der Waals surface area contributed by atoms with Crippen molar-refractivity contribution >= 4 is 0 Å². The fourth-order valence-corrected chi connectivity index (χ4v) is 1.07. The van der Waals surface area contributed by atoms with Crippen LogP contribution in [0.1, 0.15) is 32.5 Å². The zero-order chi connectivity index (χ0) is 11.5. The Kier molecular flexibility index (Phi) is 3.82. The molecule has 5 heteroatoms. The van der Waals surface area contributed by atoms with Gasteiger partial charge in [0.1, 0.15) is 0 Å². The van der Waals surface area contributed by atoms with Crippen LogP contribution >= 0.6 is 0 Å². The second-order valence-corrected chi connectivity index (χ2v) is 4.75. The van der Waals surface area contributed by atoms with Crippen molar-refractivity contribution in [2.45, 2.75) is 39.7 Å². The summed E-state index contributed by atoms with van der Waals surface area (Å²) in [6, 6.07) is -0.0140. The van der Waals surface area contributed by atoms with Crippen molar-refractivity contribution in [1.29, 1.82) is 0 Å². The Bertz CT molecular complexity index is 304. The molecule has 0 saturated heterocycles. The lowest BCUT2D eigenvalue weighted by Crippen LogP contribution is -2.37. The van der Waals surface area contributed by atoms with E-state index in [1.54, 1.807) is 0 Å². The van der Waals surface area contributed by atoms with E-state index in [1.165, 1.54) is 0 Å². The van der Waals surface area contributed by atoms with E-state index in [-0.39, 0.29) is 18.1 Å². The number of nitrogens with two attached hydrogens (primary N) is 1. The van der Waals surface area contributed by atoms with E-state index in [1.807, 2.05) is 0 Å². The Morgan fingerprint density at radius 1 is 1.47 bits per heavy atom. The largest absolute Gasteiger partial charge is 0.396 e. The monoisotopic (exact) mass is 213 g/mol. The molecule has 0 aliphatic rings. The molecule has 1 aromatic heterocycles. The third-order valence-corrected chi connectivity index (χ3v) is 2.35. The van der Waals surface area contributed by atoms with Crippen LogP contribution in [0.3, 0.4) is 0 Å². The van der Waals surface area contributed by atoms with E-state index in [0.717, 1.165) is 0 Å². The topological polar surface area (TPSA) is 85.2 Å². The molecule has 0 radical (unpaired) electrons. The summed E-state index contributed by atoms with van der Waals surface area (Å²) in [5.74, 6) is 1.08. The van der Waals surface area contributed by atoms with Gasteiger partial charge in [0.25, 0.3) is 0 Å². The molecule has 15 heavy (non-hydrogen) atoms. The molecule has 1 unspecified atom stereocenters. The Balaban J connectivity index is 2.57. The van der Waals surface area contributed by atoms with Crippen LogP contribution in [0.5, 0.6) is 0 Å². The lowest BCUT2D eigenvalue weighted by molar-refractivity contribution is 0.282. The van der Waals surface area contributed by atoms with Crippen LogP contribution in [0.2, 0.25) is 0 Å². The van der Waals surface area contributed by atoms with Crippen LogP contribution in [0, 0.1) is 5.41 Å². The SMILES string of the molecule is CC(C)(C)C(N)Cc1nc(CCO)no1. The molecule has 5 nitrogen and oxygen atoms in total. The van der Waals surface area contributed by atoms with Gasteiger partial charge in [-0.05, 0) is 5.41 Å². The van der Waals surface area contributed by atoms with E-state index in [0.29, 0.717) is 24.6 Å². The van der Waals surface area contributed by atoms with Crippen molar-refractivity contribution in [3.8, 4) is 0 Å². The summed E-state index contributed by atoms with van der Waals surface area (Å²) < 4.78 is 5.03. The van der Waals surface area contributed by atoms with Gasteiger partial charge in [-0.3, -0.25) is 0 Å². The minimum atomic E-state index is -0.0140. The first-order valence-corrected chi connectivity index (χ1v) is 5.11. The summed E-state index contributed by atoms with van der Waals surface area (Å²) in [5, 5.41) is 12.4. The smallest absolute Gasteiger partial charge is 0.228 e. The van der Waals surface area contributed by atoms with Gasteiger partial charge in [-0.2, -0.15) is 4.98 Å². The minimum absolute atomic E-state index is 0.0140. The van der Waals surface area contributed by atoms with Crippen LogP contribution in [0.25, 0.3) is 0 Å². The summed E-state index contributed by atoms with van der Waals surface area (Å²) in [6.07, 6.45) is 0.996. The first-order chi connectivity index (χ1) is 6.93. The van der Waals surface area contributed by atoms with Crippen molar-refractivity contribution in [2.24, 2.45) is 11.1 Å². The highest BCUT2D eigenvalue weighted by Gasteiger charge is 2.23.